The SMILES string of the molecule is CCNC(=NCCc1ccccn1)NCCNC(=O)C1CCCCC1. The summed E-state index contributed by atoms with van der Waals surface area (Å²) in [7, 11) is 0. The summed E-state index contributed by atoms with van der Waals surface area (Å²) >= 11 is 0. The molecule has 0 atom stereocenters. The van der Waals surface area contributed by atoms with Gasteiger partial charge < -0.3 is 16.0 Å². The van der Waals surface area contributed by atoms with Crippen LogP contribution in [0, 0.1) is 5.92 Å². The Kier molecular flexibility index (Phi) is 8.80. The zero-order valence-electron chi connectivity index (χ0n) is 15.3. The highest BCUT2D eigenvalue weighted by Crippen LogP contribution is 2.23. The van der Waals surface area contributed by atoms with E-state index >= 15 is 0 Å². The Balaban J connectivity index is 1.66. The summed E-state index contributed by atoms with van der Waals surface area (Å²) in [5.41, 5.74) is 1.04. The van der Waals surface area contributed by atoms with Crippen LogP contribution in [0.5, 0.6) is 0 Å². The molecule has 0 saturated heterocycles. The fourth-order valence-corrected chi connectivity index (χ4v) is 3.05. The van der Waals surface area contributed by atoms with Gasteiger partial charge in [-0.05, 0) is 31.9 Å². The molecule has 1 aliphatic carbocycles. The van der Waals surface area contributed by atoms with Crippen LogP contribution in [0.4, 0.5) is 0 Å². The number of amides is 1. The largest absolute Gasteiger partial charge is 0.357 e. The monoisotopic (exact) mass is 345 g/mol. The van der Waals surface area contributed by atoms with Crippen LogP contribution in [0.25, 0.3) is 0 Å². The Morgan fingerprint density at radius 1 is 1.16 bits per heavy atom. The number of hydrogen-bond acceptors (Lipinski definition) is 3. The van der Waals surface area contributed by atoms with Gasteiger partial charge in [0.05, 0.1) is 0 Å². The lowest BCUT2D eigenvalue weighted by molar-refractivity contribution is -0.125. The second-order valence-electron chi connectivity index (χ2n) is 6.38. The molecular formula is C19H31N5O. The zero-order valence-corrected chi connectivity index (χ0v) is 15.3. The molecule has 0 bridgehead atoms. The summed E-state index contributed by atoms with van der Waals surface area (Å²) in [5.74, 6) is 1.21. The van der Waals surface area contributed by atoms with Crippen molar-refractivity contribution in [1.29, 1.82) is 0 Å². The number of rotatable bonds is 8. The Bertz CT molecular complexity index is 526. The van der Waals surface area contributed by atoms with E-state index in [-0.39, 0.29) is 11.8 Å². The molecule has 1 fully saturated rings. The predicted molar refractivity (Wildman–Crippen MR) is 102 cm³/mol. The Morgan fingerprint density at radius 2 is 1.96 bits per heavy atom. The summed E-state index contributed by atoms with van der Waals surface area (Å²) in [5, 5.41) is 9.53. The number of carbonyl (C=O) groups excluding carboxylic acids is 1. The van der Waals surface area contributed by atoms with Gasteiger partial charge in [-0.1, -0.05) is 25.3 Å². The van der Waals surface area contributed by atoms with Gasteiger partial charge in [-0.15, -0.1) is 0 Å². The first-order valence-corrected chi connectivity index (χ1v) is 9.49. The first kappa shape index (κ1) is 19.2. The van der Waals surface area contributed by atoms with Crippen molar-refractivity contribution in [1.82, 2.24) is 20.9 Å². The first-order valence-electron chi connectivity index (χ1n) is 9.49. The summed E-state index contributed by atoms with van der Waals surface area (Å²) in [6.07, 6.45) is 8.33. The van der Waals surface area contributed by atoms with Crippen molar-refractivity contribution < 1.29 is 4.79 Å². The lowest BCUT2D eigenvalue weighted by atomic mass is 9.89. The number of nitrogens with one attached hydrogen (secondary N) is 3. The molecule has 0 radical (unpaired) electrons. The van der Waals surface area contributed by atoms with Crippen molar-refractivity contribution in [3.63, 3.8) is 0 Å². The molecule has 0 aromatic carbocycles. The van der Waals surface area contributed by atoms with Gasteiger partial charge in [0, 0.05) is 50.4 Å². The number of hydrogen-bond donors (Lipinski definition) is 3. The Labute approximate surface area is 150 Å². The minimum Gasteiger partial charge on any atom is -0.357 e. The molecule has 0 unspecified atom stereocenters. The van der Waals surface area contributed by atoms with Gasteiger partial charge in [-0.25, -0.2) is 0 Å². The first-order chi connectivity index (χ1) is 12.3. The lowest BCUT2D eigenvalue weighted by Gasteiger charge is -2.21. The smallest absolute Gasteiger partial charge is 0.223 e. The number of carbonyl (C=O) groups is 1. The minimum absolute atomic E-state index is 0.207. The molecule has 6 nitrogen and oxygen atoms in total. The highest BCUT2D eigenvalue weighted by Gasteiger charge is 2.20. The Morgan fingerprint density at radius 3 is 2.68 bits per heavy atom. The number of nitrogens with zero attached hydrogens (tertiary/aromatic N) is 2. The molecule has 6 heteroatoms. The van der Waals surface area contributed by atoms with Gasteiger partial charge in [-0.3, -0.25) is 14.8 Å². The molecule has 1 heterocycles. The second-order valence-corrected chi connectivity index (χ2v) is 6.38. The van der Waals surface area contributed by atoms with Crippen LogP contribution in [-0.4, -0.2) is 43.0 Å². The average Bonchev–Trinajstić information content (AvgIpc) is 2.66. The number of pyridine rings is 1. The average molecular weight is 345 g/mol. The minimum atomic E-state index is 0.207. The predicted octanol–water partition coefficient (Wildman–Crippen LogP) is 1.88. The molecule has 2 rings (SSSR count). The van der Waals surface area contributed by atoms with Gasteiger partial charge in [0.15, 0.2) is 5.96 Å². The van der Waals surface area contributed by atoms with Crippen molar-refractivity contribution >= 4 is 11.9 Å². The van der Waals surface area contributed by atoms with Crippen molar-refractivity contribution in [2.24, 2.45) is 10.9 Å². The third kappa shape index (κ3) is 7.54. The fourth-order valence-electron chi connectivity index (χ4n) is 3.05. The van der Waals surface area contributed by atoms with E-state index in [9.17, 15) is 4.79 Å². The van der Waals surface area contributed by atoms with E-state index in [0.717, 1.165) is 37.5 Å². The number of aromatic nitrogens is 1. The van der Waals surface area contributed by atoms with Crippen LogP contribution in [0.15, 0.2) is 29.4 Å². The molecule has 1 amide bonds. The van der Waals surface area contributed by atoms with E-state index in [1.54, 1.807) is 6.20 Å². The normalized spacial score (nSPS) is 15.6. The third-order valence-electron chi connectivity index (χ3n) is 4.40. The third-order valence-corrected chi connectivity index (χ3v) is 4.40. The second kappa shape index (κ2) is 11.4. The van der Waals surface area contributed by atoms with E-state index in [0.29, 0.717) is 19.6 Å². The molecule has 25 heavy (non-hydrogen) atoms. The fraction of sp³-hybridized carbons (Fsp3) is 0.632. The molecule has 138 valence electrons. The highest BCUT2D eigenvalue weighted by molar-refractivity contribution is 5.80. The topological polar surface area (TPSA) is 78.4 Å². The molecule has 0 spiro atoms. The highest BCUT2D eigenvalue weighted by atomic mass is 16.1. The summed E-state index contributed by atoms with van der Waals surface area (Å²) in [6.45, 7) is 4.83. The van der Waals surface area contributed by atoms with Gasteiger partial charge in [-0.2, -0.15) is 0 Å². The van der Waals surface area contributed by atoms with E-state index in [1.807, 2.05) is 25.1 Å². The summed E-state index contributed by atoms with van der Waals surface area (Å²) in [6, 6.07) is 5.92. The molecular weight excluding hydrogens is 314 g/mol. The van der Waals surface area contributed by atoms with E-state index < -0.39 is 0 Å². The maximum Gasteiger partial charge on any atom is 0.223 e. The van der Waals surface area contributed by atoms with E-state index in [4.69, 9.17) is 0 Å². The van der Waals surface area contributed by atoms with Crippen LogP contribution in [0.3, 0.4) is 0 Å². The van der Waals surface area contributed by atoms with Crippen LogP contribution in [-0.2, 0) is 11.2 Å². The standard InChI is InChI=1S/C19H31N5O/c1-2-20-19(23-13-11-17-10-6-7-12-21-17)24-15-14-22-18(25)16-8-4-3-5-9-16/h6-7,10,12,16H,2-5,8-9,11,13-15H2,1H3,(H,22,25)(H2,20,23,24). The summed E-state index contributed by atoms with van der Waals surface area (Å²) < 4.78 is 0. The van der Waals surface area contributed by atoms with Crippen molar-refractivity contribution in [2.75, 3.05) is 26.2 Å². The molecule has 1 aromatic heterocycles. The lowest BCUT2D eigenvalue weighted by Crippen LogP contribution is -2.42. The molecule has 3 N–H and O–H groups in total. The van der Waals surface area contributed by atoms with Crippen LogP contribution >= 0.6 is 0 Å². The van der Waals surface area contributed by atoms with Crippen molar-refractivity contribution in [3.8, 4) is 0 Å². The summed E-state index contributed by atoms with van der Waals surface area (Å²) in [4.78, 5) is 21.0. The number of aliphatic imine (C=N–C) groups is 1. The van der Waals surface area contributed by atoms with Gasteiger partial charge in [0.2, 0.25) is 5.91 Å². The zero-order chi connectivity index (χ0) is 17.7. The van der Waals surface area contributed by atoms with Crippen LogP contribution in [0.2, 0.25) is 0 Å². The molecule has 1 aromatic rings. The van der Waals surface area contributed by atoms with Crippen molar-refractivity contribution in [2.45, 2.75) is 45.4 Å². The Hall–Kier alpha value is -2.11. The van der Waals surface area contributed by atoms with E-state index in [1.165, 1.54) is 19.3 Å². The number of guanidine groups is 1. The molecule has 1 saturated carbocycles. The maximum atomic E-state index is 12.1. The molecule has 1 aliphatic rings. The van der Waals surface area contributed by atoms with Gasteiger partial charge >= 0.3 is 0 Å². The van der Waals surface area contributed by atoms with Crippen LogP contribution in [0.1, 0.15) is 44.7 Å². The van der Waals surface area contributed by atoms with Crippen LogP contribution < -0.4 is 16.0 Å². The molecule has 0 aliphatic heterocycles. The quantitative estimate of drug-likeness (QED) is 0.382. The van der Waals surface area contributed by atoms with Gasteiger partial charge in [0.1, 0.15) is 0 Å². The van der Waals surface area contributed by atoms with E-state index in [2.05, 4.69) is 25.9 Å². The van der Waals surface area contributed by atoms with Gasteiger partial charge in [0.25, 0.3) is 0 Å². The maximum absolute atomic E-state index is 12.1. The van der Waals surface area contributed by atoms with Crippen molar-refractivity contribution in [3.05, 3.63) is 30.1 Å².